The van der Waals surface area contributed by atoms with E-state index in [0.29, 0.717) is 0 Å². The van der Waals surface area contributed by atoms with Gasteiger partial charge in [0, 0.05) is 22.0 Å². The molecule has 2 heterocycles. The summed E-state index contributed by atoms with van der Waals surface area (Å²) in [5, 5.41) is 2.50. The SMILES string of the molecule is Cc1nc2c(C)c3ccccc3n2c2ccccc12. The molecule has 0 fully saturated rings. The first kappa shape index (κ1) is 10.6. The number of benzene rings is 2. The zero-order chi connectivity index (χ0) is 13.0. The van der Waals surface area contributed by atoms with Gasteiger partial charge in [-0.25, -0.2) is 4.98 Å². The Bertz CT molecular complexity index is 926. The van der Waals surface area contributed by atoms with E-state index >= 15 is 0 Å². The molecule has 19 heavy (non-hydrogen) atoms. The van der Waals surface area contributed by atoms with Crippen LogP contribution in [0.3, 0.4) is 0 Å². The fraction of sp³-hybridized carbons (Fsp3) is 0.118. The van der Waals surface area contributed by atoms with Gasteiger partial charge < -0.3 is 0 Å². The van der Waals surface area contributed by atoms with Gasteiger partial charge in [-0.3, -0.25) is 4.40 Å². The highest BCUT2D eigenvalue weighted by Crippen LogP contribution is 2.29. The Kier molecular flexibility index (Phi) is 1.99. The van der Waals surface area contributed by atoms with Crippen LogP contribution in [0.15, 0.2) is 48.5 Å². The van der Waals surface area contributed by atoms with E-state index in [-0.39, 0.29) is 0 Å². The molecule has 2 heteroatoms. The summed E-state index contributed by atoms with van der Waals surface area (Å²) in [6.45, 7) is 4.23. The number of nitrogens with zero attached hydrogens (tertiary/aromatic N) is 2. The number of rotatable bonds is 0. The molecule has 0 aliphatic rings. The van der Waals surface area contributed by atoms with Crippen molar-refractivity contribution in [2.45, 2.75) is 13.8 Å². The number of aromatic nitrogens is 2. The van der Waals surface area contributed by atoms with Gasteiger partial charge in [0.2, 0.25) is 0 Å². The molecule has 2 aromatic heterocycles. The van der Waals surface area contributed by atoms with Crippen LogP contribution in [0, 0.1) is 13.8 Å². The van der Waals surface area contributed by atoms with E-state index in [1.54, 1.807) is 0 Å². The van der Waals surface area contributed by atoms with Crippen LogP contribution in [0.1, 0.15) is 11.3 Å². The minimum absolute atomic E-state index is 1.07. The molecule has 0 aliphatic heterocycles. The average molecular weight is 246 g/mol. The molecule has 0 N–H and O–H groups in total. The lowest BCUT2D eigenvalue weighted by Crippen LogP contribution is -1.94. The summed E-state index contributed by atoms with van der Waals surface area (Å²) >= 11 is 0. The maximum absolute atomic E-state index is 4.80. The van der Waals surface area contributed by atoms with E-state index in [4.69, 9.17) is 4.98 Å². The van der Waals surface area contributed by atoms with Gasteiger partial charge in [0.25, 0.3) is 0 Å². The first-order valence-electron chi connectivity index (χ1n) is 6.52. The summed E-state index contributed by atoms with van der Waals surface area (Å²) in [7, 11) is 0. The molecule has 0 saturated heterocycles. The minimum Gasteiger partial charge on any atom is -0.294 e. The van der Waals surface area contributed by atoms with Gasteiger partial charge in [-0.1, -0.05) is 36.4 Å². The molecule has 92 valence electrons. The van der Waals surface area contributed by atoms with Crippen molar-refractivity contribution in [1.82, 2.24) is 9.38 Å². The van der Waals surface area contributed by atoms with Crippen LogP contribution in [0.2, 0.25) is 0 Å². The van der Waals surface area contributed by atoms with Crippen LogP contribution in [0.4, 0.5) is 0 Å². The molecular formula is C17H14N2. The summed E-state index contributed by atoms with van der Waals surface area (Å²) in [6.07, 6.45) is 0. The second-order valence-electron chi connectivity index (χ2n) is 5.02. The normalized spacial score (nSPS) is 11.7. The smallest absolute Gasteiger partial charge is 0.141 e. The molecular weight excluding hydrogens is 232 g/mol. The Morgan fingerprint density at radius 2 is 1.37 bits per heavy atom. The summed E-state index contributed by atoms with van der Waals surface area (Å²) in [6, 6.07) is 17.0. The number of fused-ring (bicyclic) bond motifs is 5. The largest absolute Gasteiger partial charge is 0.294 e. The lowest BCUT2D eigenvalue weighted by Gasteiger charge is -2.06. The summed E-state index contributed by atoms with van der Waals surface area (Å²) in [5.41, 5.74) is 5.88. The summed E-state index contributed by atoms with van der Waals surface area (Å²) in [4.78, 5) is 4.80. The minimum atomic E-state index is 1.07. The predicted molar refractivity (Wildman–Crippen MR) is 79.7 cm³/mol. The van der Waals surface area contributed by atoms with E-state index in [1.807, 2.05) is 0 Å². The fourth-order valence-electron chi connectivity index (χ4n) is 2.96. The van der Waals surface area contributed by atoms with Crippen molar-refractivity contribution >= 4 is 27.5 Å². The fourth-order valence-corrected chi connectivity index (χ4v) is 2.96. The summed E-state index contributed by atoms with van der Waals surface area (Å²) < 4.78 is 2.27. The van der Waals surface area contributed by atoms with Crippen LogP contribution >= 0.6 is 0 Å². The first-order valence-corrected chi connectivity index (χ1v) is 6.52. The lowest BCUT2D eigenvalue weighted by atomic mass is 10.2. The van der Waals surface area contributed by atoms with Crippen molar-refractivity contribution in [2.75, 3.05) is 0 Å². The van der Waals surface area contributed by atoms with Crippen molar-refractivity contribution in [3.8, 4) is 0 Å². The number of para-hydroxylation sites is 2. The van der Waals surface area contributed by atoms with Crippen molar-refractivity contribution in [3.63, 3.8) is 0 Å². The van der Waals surface area contributed by atoms with Gasteiger partial charge in [-0.2, -0.15) is 0 Å². The van der Waals surface area contributed by atoms with Crippen LogP contribution in [0.25, 0.3) is 27.5 Å². The number of hydrogen-bond acceptors (Lipinski definition) is 1. The molecule has 0 aliphatic carbocycles. The molecule has 0 amide bonds. The summed E-state index contributed by atoms with van der Waals surface area (Å²) in [5.74, 6) is 0. The predicted octanol–water partition coefficient (Wildman–Crippen LogP) is 4.26. The van der Waals surface area contributed by atoms with Crippen LogP contribution in [-0.2, 0) is 0 Å². The average Bonchev–Trinajstić information content (AvgIpc) is 2.73. The molecule has 2 nitrogen and oxygen atoms in total. The quantitative estimate of drug-likeness (QED) is 0.453. The molecule has 0 bridgehead atoms. The molecule has 0 unspecified atom stereocenters. The van der Waals surface area contributed by atoms with E-state index in [9.17, 15) is 0 Å². The van der Waals surface area contributed by atoms with E-state index in [1.165, 1.54) is 27.4 Å². The molecule has 0 radical (unpaired) electrons. The lowest BCUT2D eigenvalue weighted by molar-refractivity contribution is 1.17. The maximum Gasteiger partial charge on any atom is 0.141 e. The molecule has 0 saturated carbocycles. The van der Waals surface area contributed by atoms with Crippen LogP contribution in [-0.4, -0.2) is 9.38 Å². The van der Waals surface area contributed by atoms with Crippen LogP contribution in [0.5, 0.6) is 0 Å². The monoisotopic (exact) mass is 246 g/mol. The standard InChI is InChI=1S/C17H14N2/c1-11-13-7-3-5-9-15(13)19-16-10-6-4-8-14(16)12(2)18-17(11)19/h3-10H,1-2H3. The van der Waals surface area contributed by atoms with Gasteiger partial charge in [-0.05, 0) is 26.0 Å². The van der Waals surface area contributed by atoms with Gasteiger partial charge >= 0.3 is 0 Å². The third-order valence-corrected chi connectivity index (χ3v) is 3.90. The molecule has 0 atom stereocenters. The van der Waals surface area contributed by atoms with Crippen molar-refractivity contribution < 1.29 is 0 Å². The number of aryl methyl sites for hydroxylation is 2. The van der Waals surface area contributed by atoms with Gasteiger partial charge in [0.05, 0.1) is 11.0 Å². The Labute approximate surface area is 111 Å². The molecule has 0 spiro atoms. The second kappa shape index (κ2) is 3.58. The Morgan fingerprint density at radius 3 is 2.11 bits per heavy atom. The maximum atomic E-state index is 4.80. The third-order valence-electron chi connectivity index (χ3n) is 3.90. The highest BCUT2D eigenvalue weighted by molar-refractivity contribution is 5.96. The number of hydrogen-bond donors (Lipinski definition) is 0. The molecule has 4 aromatic rings. The van der Waals surface area contributed by atoms with E-state index in [0.717, 1.165) is 11.3 Å². The van der Waals surface area contributed by atoms with Crippen molar-refractivity contribution in [1.29, 1.82) is 0 Å². The van der Waals surface area contributed by atoms with Crippen molar-refractivity contribution in [2.24, 2.45) is 0 Å². The van der Waals surface area contributed by atoms with Gasteiger partial charge in [0.15, 0.2) is 0 Å². The zero-order valence-corrected chi connectivity index (χ0v) is 11.0. The van der Waals surface area contributed by atoms with Crippen molar-refractivity contribution in [3.05, 3.63) is 59.8 Å². The molecule has 2 aromatic carbocycles. The van der Waals surface area contributed by atoms with Gasteiger partial charge in [0.1, 0.15) is 5.65 Å². The molecule has 4 rings (SSSR count). The zero-order valence-electron chi connectivity index (χ0n) is 11.0. The van der Waals surface area contributed by atoms with Crippen LogP contribution < -0.4 is 0 Å². The topological polar surface area (TPSA) is 17.3 Å². The Morgan fingerprint density at radius 1 is 0.789 bits per heavy atom. The van der Waals surface area contributed by atoms with Gasteiger partial charge in [-0.15, -0.1) is 0 Å². The first-order chi connectivity index (χ1) is 9.27. The highest BCUT2D eigenvalue weighted by atomic mass is 15.0. The third kappa shape index (κ3) is 1.28. The highest BCUT2D eigenvalue weighted by Gasteiger charge is 2.12. The Hall–Kier alpha value is -2.35. The van der Waals surface area contributed by atoms with E-state index < -0.39 is 0 Å². The second-order valence-corrected chi connectivity index (χ2v) is 5.02. The van der Waals surface area contributed by atoms with E-state index in [2.05, 4.69) is 66.8 Å². The Balaban J connectivity index is 2.43.